The topological polar surface area (TPSA) is 24.9 Å². The molecule has 0 aliphatic heterocycles. The van der Waals surface area contributed by atoms with Crippen molar-refractivity contribution in [3.05, 3.63) is 51.5 Å². The van der Waals surface area contributed by atoms with Crippen LogP contribution in [0.1, 0.15) is 46.7 Å². The van der Waals surface area contributed by atoms with Gasteiger partial charge in [-0.15, -0.1) is 11.3 Å². The highest BCUT2D eigenvalue weighted by molar-refractivity contribution is 7.12. The maximum atomic E-state index is 4.11. The second-order valence-electron chi connectivity index (χ2n) is 5.52. The first kappa shape index (κ1) is 13.8. The van der Waals surface area contributed by atoms with Crippen molar-refractivity contribution in [1.29, 1.82) is 0 Å². The number of hydrogen-bond acceptors (Lipinski definition) is 3. The van der Waals surface area contributed by atoms with Crippen LogP contribution in [0.2, 0.25) is 0 Å². The van der Waals surface area contributed by atoms with Gasteiger partial charge in [-0.2, -0.15) is 0 Å². The Kier molecular flexibility index (Phi) is 4.48. The molecule has 0 aromatic carbocycles. The van der Waals surface area contributed by atoms with Gasteiger partial charge < -0.3 is 5.32 Å². The quantitative estimate of drug-likeness (QED) is 0.870. The third-order valence-electron chi connectivity index (χ3n) is 3.94. The Hall–Kier alpha value is -1.19. The fourth-order valence-corrected chi connectivity index (χ4v) is 4.20. The van der Waals surface area contributed by atoms with Gasteiger partial charge >= 0.3 is 0 Å². The first-order valence-electron chi connectivity index (χ1n) is 7.60. The first-order valence-corrected chi connectivity index (χ1v) is 8.42. The fraction of sp³-hybridized carbons (Fsp3) is 0.471. The Morgan fingerprint density at radius 3 is 2.90 bits per heavy atom. The zero-order valence-electron chi connectivity index (χ0n) is 12.1. The third kappa shape index (κ3) is 3.10. The van der Waals surface area contributed by atoms with Gasteiger partial charge in [0.2, 0.25) is 0 Å². The van der Waals surface area contributed by atoms with E-state index in [1.807, 2.05) is 23.7 Å². The van der Waals surface area contributed by atoms with Crippen LogP contribution in [0.15, 0.2) is 30.6 Å². The highest BCUT2D eigenvalue weighted by Gasteiger charge is 2.20. The lowest BCUT2D eigenvalue weighted by molar-refractivity contribution is 0.536. The fourth-order valence-electron chi connectivity index (χ4n) is 2.87. The van der Waals surface area contributed by atoms with Crippen LogP contribution in [0.25, 0.3) is 0 Å². The minimum Gasteiger partial charge on any atom is -0.309 e. The van der Waals surface area contributed by atoms with Gasteiger partial charge in [-0.3, -0.25) is 4.98 Å². The molecule has 0 saturated carbocycles. The maximum absolute atomic E-state index is 4.11. The van der Waals surface area contributed by atoms with Gasteiger partial charge in [-0.25, -0.2) is 0 Å². The van der Waals surface area contributed by atoms with Crippen LogP contribution in [0.4, 0.5) is 0 Å². The zero-order valence-corrected chi connectivity index (χ0v) is 12.9. The Labute approximate surface area is 125 Å². The molecule has 2 aromatic heterocycles. The number of rotatable bonds is 6. The summed E-state index contributed by atoms with van der Waals surface area (Å²) in [4.78, 5) is 7.25. The molecule has 0 spiro atoms. The number of fused-ring (bicyclic) bond motifs is 1. The van der Waals surface area contributed by atoms with Gasteiger partial charge in [0.1, 0.15) is 0 Å². The largest absolute Gasteiger partial charge is 0.309 e. The van der Waals surface area contributed by atoms with E-state index < -0.39 is 0 Å². The van der Waals surface area contributed by atoms with Crippen molar-refractivity contribution in [2.24, 2.45) is 0 Å². The molecule has 1 aliphatic rings. The second-order valence-corrected chi connectivity index (χ2v) is 6.69. The Balaban J connectivity index is 1.78. The van der Waals surface area contributed by atoms with Gasteiger partial charge in [0, 0.05) is 28.2 Å². The molecule has 0 radical (unpaired) electrons. The highest BCUT2D eigenvalue weighted by atomic mass is 32.1. The van der Waals surface area contributed by atoms with Crippen LogP contribution in [-0.2, 0) is 19.3 Å². The van der Waals surface area contributed by atoms with E-state index in [4.69, 9.17) is 0 Å². The summed E-state index contributed by atoms with van der Waals surface area (Å²) in [7, 11) is 0. The molecule has 1 unspecified atom stereocenters. The molecule has 0 bridgehead atoms. The van der Waals surface area contributed by atoms with Gasteiger partial charge in [0.25, 0.3) is 0 Å². The normalized spacial score (nSPS) is 15.2. The van der Waals surface area contributed by atoms with E-state index in [0.717, 1.165) is 13.0 Å². The van der Waals surface area contributed by atoms with Crippen LogP contribution in [0.5, 0.6) is 0 Å². The molecule has 2 heterocycles. The van der Waals surface area contributed by atoms with Crippen molar-refractivity contribution >= 4 is 11.3 Å². The summed E-state index contributed by atoms with van der Waals surface area (Å²) in [5.41, 5.74) is 2.96. The molecule has 1 aliphatic carbocycles. The number of aryl methyl sites for hydroxylation is 2. The van der Waals surface area contributed by atoms with Crippen molar-refractivity contribution < 1.29 is 0 Å². The van der Waals surface area contributed by atoms with Crippen LogP contribution in [-0.4, -0.2) is 11.5 Å². The van der Waals surface area contributed by atoms with Crippen molar-refractivity contribution in [2.75, 3.05) is 6.54 Å². The van der Waals surface area contributed by atoms with Crippen LogP contribution in [0.3, 0.4) is 0 Å². The summed E-state index contributed by atoms with van der Waals surface area (Å²) in [5.74, 6) is 0. The summed E-state index contributed by atoms with van der Waals surface area (Å²) >= 11 is 2.02. The lowest BCUT2D eigenvalue weighted by Gasteiger charge is -2.17. The number of nitrogens with zero attached hydrogens (tertiary/aromatic N) is 1. The second kappa shape index (κ2) is 6.51. The van der Waals surface area contributed by atoms with E-state index in [-0.39, 0.29) is 0 Å². The molecule has 0 saturated heterocycles. The Bertz CT molecular complexity index is 526. The summed E-state index contributed by atoms with van der Waals surface area (Å²) < 4.78 is 0. The molecule has 1 atom stereocenters. The number of nitrogens with one attached hydrogen (secondary N) is 1. The number of pyridine rings is 1. The predicted molar refractivity (Wildman–Crippen MR) is 85.3 cm³/mol. The van der Waals surface area contributed by atoms with E-state index in [1.54, 1.807) is 10.4 Å². The van der Waals surface area contributed by atoms with Crippen molar-refractivity contribution in [3.8, 4) is 0 Å². The third-order valence-corrected chi connectivity index (χ3v) is 5.29. The van der Waals surface area contributed by atoms with E-state index in [2.05, 4.69) is 35.4 Å². The van der Waals surface area contributed by atoms with Gasteiger partial charge in [-0.1, -0.05) is 6.92 Å². The molecule has 20 heavy (non-hydrogen) atoms. The van der Waals surface area contributed by atoms with Gasteiger partial charge in [-0.05, 0) is 68.0 Å². The van der Waals surface area contributed by atoms with Crippen molar-refractivity contribution in [3.63, 3.8) is 0 Å². The molecular formula is C17H22N2S. The Morgan fingerprint density at radius 1 is 1.30 bits per heavy atom. The molecular weight excluding hydrogens is 264 g/mol. The van der Waals surface area contributed by atoms with Gasteiger partial charge in [0.05, 0.1) is 0 Å². The minimum absolute atomic E-state index is 0.452. The standard InChI is InChI=1S/C17H22N2S/c1-2-8-19-15(11-13-6-9-18-10-7-13)17-12-14-4-3-5-16(14)20-17/h6-7,9-10,12,15,19H,2-5,8,11H2,1H3. The molecule has 2 aromatic rings. The van der Waals surface area contributed by atoms with Crippen molar-refractivity contribution in [2.45, 2.75) is 45.1 Å². The zero-order chi connectivity index (χ0) is 13.8. The van der Waals surface area contributed by atoms with Gasteiger partial charge in [0.15, 0.2) is 0 Å². The summed E-state index contributed by atoms with van der Waals surface area (Å²) in [6.45, 7) is 3.31. The first-order chi connectivity index (χ1) is 9.86. The summed E-state index contributed by atoms with van der Waals surface area (Å²) in [6, 6.07) is 7.15. The lowest BCUT2D eigenvalue weighted by atomic mass is 10.0. The summed E-state index contributed by atoms with van der Waals surface area (Å²) in [6.07, 6.45) is 9.93. The molecule has 0 amide bonds. The summed E-state index contributed by atoms with van der Waals surface area (Å²) in [5, 5.41) is 3.71. The predicted octanol–water partition coefficient (Wildman–Crippen LogP) is 3.92. The van der Waals surface area contributed by atoms with E-state index in [9.17, 15) is 0 Å². The van der Waals surface area contributed by atoms with Crippen LogP contribution >= 0.6 is 11.3 Å². The van der Waals surface area contributed by atoms with Crippen molar-refractivity contribution in [1.82, 2.24) is 10.3 Å². The number of thiophene rings is 1. The van der Waals surface area contributed by atoms with E-state index in [0.29, 0.717) is 6.04 Å². The average molecular weight is 286 g/mol. The molecule has 2 nitrogen and oxygen atoms in total. The van der Waals surface area contributed by atoms with E-state index >= 15 is 0 Å². The molecule has 3 heteroatoms. The van der Waals surface area contributed by atoms with Crippen LogP contribution < -0.4 is 5.32 Å². The lowest BCUT2D eigenvalue weighted by Crippen LogP contribution is -2.23. The maximum Gasteiger partial charge on any atom is 0.0455 e. The number of aromatic nitrogens is 1. The molecule has 0 fully saturated rings. The monoisotopic (exact) mass is 286 g/mol. The van der Waals surface area contributed by atoms with E-state index in [1.165, 1.54) is 36.1 Å². The Morgan fingerprint density at radius 2 is 2.15 bits per heavy atom. The molecule has 3 rings (SSSR count). The highest BCUT2D eigenvalue weighted by Crippen LogP contribution is 2.34. The average Bonchev–Trinajstić information content (AvgIpc) is 3.05. The molecule has 1 N–H and O–H groups in total. The van der Waals surface area contributed by atoms with Crippen LogP contribution in [0, 0.1) is 0 Å². The minimum atomic E-state index is 0.452. The SMILES string of the molecule is CCCNC(Cc1ccncc1)c1cc2c(s1)CCC2. The smallest absolute Gasteiger partial charge is 0.0455 e. The number of hydrogen-bond donors (Lipinski definition) is 1. The molecule has 106 valence electrons.